The van der Waals surface area contributed by atoms with Gasteiger partial charge in [-0.05, 0) is 31.2 Å². The van der Waals surface area contributed by atoms with Crippen molar-refractivity contribution in [3.63, 3.8) is 0 Å². The zero-order chi connectivity index (χ0) is 13.4. The third-order valence-corrected chi connectivity index (χ3v) is 3.96. The van der Waals surface area contributed by atoms with Crippen molar-refractivity contribution >= 4 is 17.7 Å². The van der Waals surface area contributed by atoms with Crippen molar-refractivity contribution in [2.45, 2.75) is 30.7 Å². The van der Waals surface area contributed by atoms with Gasteiger partial charge in [0.15, 0.2) is 0 Å². The highest BCUT2D eigenvalue weighted by Gasteiger charge is 2.13. The number of aliphatic hydroxyl groups is 1. The van der Waals surface area contributed by atoms with Crippen LogP contribution in [0.25, 0.3) is 0 Å². The number of hydrogen-bond acceptors (Lipinski definition) is 3. The lowest BCUT2D eigenvalue weighted by Crippen LogP contribution is -2.37. The molecule has 100 valence electrons. The number of aliphatic hydroxyl groups excluding tert-OH is 1. The van der Waals surface area contributed by atoms with Gasteiger partial charge in [-0.1, -0.05) is 18.2 Å². The Morgan fingerprint density at radius 3 is 2.67 bits per heavy atom. The Morgan fingerprint density at radius 2 is 2.06 bits per heavy atom. The smallest absolute Gasteiger partial charge is 0.222 e. The molecule has 4 heteroatoms. The van der Waals surface area contributed by atoms with Gasteiger partial charge < -0.3 is 10.0 Å². The van der Waals surface area contributed by atoms with E-state index in [-0.39, 0.29) is 18.6 Å². The van der Waals surface area contributed by atoms with Crippen LogP contribution in [0.5, 0.6) is 0 Å². The molecule has 0 saturated heterocycles. The summed E-state index contributed by atoms with van der Waals surface area (Å²) >= 11 is 1.77. The van der Waals surface area contributed by atoms with Crippen LogP contribution in [0.2, 0.25) is 0 Å². The Labute approximate surface area is 113 Å². The molecule has 0 bridgehead atoms. The van der Waals surface area contributed by atoms with E-state index in [1.165, 1.54) is 4.90 Å². The molecule has 1 N–H and O–H groups in total. The van der Waals surface area contributed by atoms with Gasteiger partial charge >= 0.3 is 0 Å². The SMILES string of the molecule is CC(CO)N(C)C(=O)CCCSc1ccccc1. The molecule has 1 aromatic rings. The molecular weight excluding hydrogens is 246 g/mol. The zero-order valence-electron chi connectivity index (χ0n) is 11.0. The van der Waals surface area contributed by atoms with Crippen LogP contribution < -0.4 is 0 Å². The summed E-state index contributed by atoms with van der Waals surface area (Å²) in [5.74, 6) is 1.04. The monoisotopic (exact) mass is 267 g/mol. The van der Waals surface area contributed by atoms with E-state index in [0.717, 1.165) is 12.2 Å². The number of carbonyl (C=O) groups is 1. The van der Waals surface area contributed by atoms with Gasteiger partial charge in [0, 0.05) is 18.4 Å². The van der Waals surface area contributed by atoms with Crippen molar-refractivity contribution in [2.24, 2.45) is 0 Å². The number of benzene rings is 1. The lowest BCUT2D eigenvalue weighted by molar-refractivity contribution is -0.132. The molecule has 1 rings (SSSR count). The fourth-order valence-electron chi connectivity index (χ4n) is 1.47. The van der Waals surface area contributed by atoms with Crippen molar-refractivity contribution < 1.29 is 9.90 Å². The maximum atomic E-state index is 11.8. The van der Waals surface area contributed by atoms with Gasteiger partial charge in [-0.25, -0.2) is 0 Å². The van der Waals surface area contributed by atoms with Crippen molar-refractivity contribution in [3.05, 3.63) is 30.3 Å². The molecular formula is C14H21NO2S. The minimum Gasteiger partial charge on any atom is -0.394 e. The fourth-order valence-corrected chi connectivity index (χ4v) is 2.35. The van der Waals surface area contributed by atoms with Crippen LogP contribution in [-0.4, -0.2) is 41.4 Å². The third kappa shape index (κ3) is 5.10. The van der Waals surface area contributed by atoms with Crippen molar-refractivity contribution in [2.75, 3.05) is 19.4 Å². The standard InChI is InChI=1S/C14H21NO2S/c1-12(11-16)15(2)14(17)9-6-10-18-13-7-4-3-5-8-13/h3-5,7-8,12,16H,6,9-11H2,1-2H3. The maximum absolute atomic E-state index is 11.8. The van der Waals surface area contributed by atoms with E-state index in [1.54, 1.807) is 23.7 Å². The Balaban J connectivity index is 2.20. The average Bonchev–Trinajstić information content (AvgIpc) is 2.42. The molecule has 0 aromatic heterocycles. The Bertz CT molecular complexity index is 356. The Morgan fingerprint density at radius 1 is 1.39 bits per heavy atom. The largest absolute Gasteiger partial charge is 0.394 e. The first-order valence-corrected chi connectivity index (χ1v) is 7.18. The lowest BCUT2D eigenvalue weighted by Gasteiger charge is -2.23. The molecule has 1 amide bonds. The zero-order valence-corrected chi connectivity index (χ0v) is 11.8. The summed E-state index contributed by atoms with van der Waals surface area (Å²) in [4.78, 5) is 14.6. The number of carbonyl (C=O) groups excluding carboxylic acids is 1. The second-order valence-electron chi connectivity index (χ2n) is 4.30. The van der Waals surface area contributed by atoms with Gasteiger partial charge in [-0.15, -0.1) is 11.8 Å². The van der Waals surface area contributed by atoms with E-state index >= 15 is 0 Å². The molecule has 0 aliphatic carbocycles. The molecule has 0 radical (unpaired) electrons. The summed E-state index contributed by atoms with van der Waals surface area (Å²) in [6, 6.07) is 10.1. The summed E-state index contributed by atoms with van der Waals surface area (Å²) in [5, 5.41) is 8.98. The van der Waals surface area contributed by atoms with Gasteiger partial charge in [0.2, 0.25) is 5.91 Å². The summed E-state index contributed by atoms with van der Waals surface area (Å²) in [6.45, 7) is 1.86. The maximum Gasteiger partial charge on any atom is 0.222 e. The number of thioether (sulfide) groups is 1. The fraction of sp³-hybridized carbons (Fsp3) is 0.500. The number of nitrogens with zero attached hydrogens (tertiary/aromatic N) is 1. The van der Waals surface area contributed by atoms with Crippen LogP contribution in [0, 0.1) is 0 Å². The van der Waals surface area contributed by atoms with E-state index in [1.807, 2.05) is 25.1 Å². The molecule has 0 saturated carbocycles. The molecule has 1 atom stereocenters. The molecule has 0 aliphatic rings. The van der Waals surface area contributed by atoms with E-state index < -0.39 is 0 Å². The van der Waals surface area contributed by atoms with E-state index in [4.69, 9.17) is 5.11 Å². The van der Waals surface area contributed by atoms with Crippen molar-refractivity contribution in [1.29, 1.82) is 0 Å². The highest BCUT2D eigenvalue weighted by Crippen LogP contribution is 2.18. The van der Waals surface area contributed by atoms with Crippen LogP contribution in [0.3, 0.4) is 0 Å². The van der Waals surface area contributed by atoms with Crippen molar-refractivity contribution in [1.82, 2.24) is 4.90 Å². The van der Waals surface area contributed by atoms with Crippen molar-refractivity contribution in [3.8, 4) is 0 Å². The molecule has 0 heterocycles. The van der Waals surface area contributed by atoms with Gasteiger partial charge in [0.05, 0.1) is 12.6 Å². The number of likely N-dealkylation sites (N-methyl/N-ethyl adjacent to an activating group) is 1. The quantitative estimate of drug-likeness (QED) is 0.609. The van der Waals surface area contributed by atoms with Crippen LogP contribution >= 0.6 is 11.8 Å². The first kappa shape index (κ1) is 15.1. The van der Waals surface area contributed by atoms with Gasteiger partial charge in [-0.3, -0.25) is 4.79 Å². The second-order valence-corrected chi connectivity index (χ2v) is 5.47. The highest BCUT2D eigenvalue weighted by atomic mass is 32.2. The first-order chi connectivity index (χ1) is 8.65. The number of rotatable bonds is 7. The van der Waals surface area contributed by atoms with Crippen LogP contribution in [-0.2, 0) is 4.79 Å². The predicted octanol–water partition coefficient (Wildman–Crippen LogP) is 2.40. The van der Waals surface area contributed by atoms with E-state index in [0.29, 0.717) is 6.42 Å². The third-order valence-electron chi connectivity index (χ3n) is 2.87. The Hall–Kier alpha value is -1.00. The van der Waals surface area contributed by atoms with Crippen LogP contribution in [0.15, 0.2) is 35.2 Å². The van der Waals surface area contributed by atoms with E-state index in [9.17, 15) is 4.79 Å². The second kappa shape index (κ2) is 8.16. The summed E-state index contributed by atoms with van der Waals surface area (Å²) in [6.07, 6.45) is 1.40. The van der Waals surface area contributed by atoms with Crippen LogP contribution in [0.1, 0.15) is 19.8 Å². The van der Waals surface area contributed by atoms with E-state index in [2.05, 4.69) is 12.1 Å². The molecule has 3 nitrogen and oxygen atoms in total. The van der Waals surface area contributed by atoms with Gasteiger partial charge in [-0.2, -0.15) is 0 Å². The molecule has 0 fully saturated rings. The predicted molar refractivity (Wildman–Crippen MR) is 75.7 cm³/mol. The summed E-state index contributed by atoms with van der Waals surface area (Å²) in [5.41, 5.74) is 0. The summed E-state index contributed by atoms with van der Waals surface area (Å²) in [7, 11) is 1.74. The number of hydrogen-bond donors (Lipinski definition) is 1. The Kier molecular flexibility index (Phi) is 6.83. The first-order valence-electron chi connectivity index (χ1n) is 6.19. The van der Waals surface area contributed by atoms with Gasteiger partial charge in [0.1, 0.15) is 0 Å². The molecule has 1 aromatic carbocycles. The normalized spacial score (nSPS) is 12.2. The topological polar surface area (TPSA) is 40.5 Å². The average molecular weight is 267 g/mol. The molecule has 0 aliphatic heterocycles. The van der Waals surface area contributed by atoms with Gasteiger partial charge in [0.25, 0.3) is 0 Å². The highest BCUT2D eigenvalue weighted by molar-refractivity contribution is 7.99. The minimum atomic E-state index is -0.0979. The molecule has 1 unspecified atom stereocenters. The summed E-state index contributed by atoms with van der Waals surface area (Å²) < 4.78 is 0. The van der Waals surface area contributed by atoms with Crippen LogP contribution in [0.4, 0.5) is 0 Å². The lowest BCUT2D eigenvalue weighted by atomic mass is 10.2. The number of amides is 1. The molecule has 0 spiro atoms. The minimum absolute atomic E-state index is 0.0149. The molecule has 18 heavy (non-hydrogen) atoms.